The average Bonchev–Trinajstić information content (AvgIpc) is 3.23. The third-order valence-electron chi connectivity index (χ3n) is 11.6. The molecule has 0 aliphatic heterocycles. The van der Waals surface area contributed by atoms with E-state index in [2.05, 4.69) is 55.4 Å². The highest BCUT2D eigenvalue weighted by atomic mass is 16.5. The van der Waals surface area contributed by atoms with Gasteiger partial charge in [0.25, 0.3) is 0 Å². The van der Waals surface area contributed by atoms with Gasteiger partial charge in [-0.25, -0.2) is 0 Å². The van der Waals surface area contributed by atoms with Crippen molar-refractivity contribution in [1.29, 1.82) is 0 Å². The van der Waals surface area contributed by atoms with Crippen molar-refractivity contribution in [1.82, 2.24) is 0 Å². The highest BCUT2D eigenvalue weighted by Crippen LogP contribution is 2.51. The van der Waals surface area contributed by atoms with Gasteiger partial charge in [0.2, 0.25) is 11.5 Å². The predicted molar refractivity (Wildman–Crippen MR) is 237 cm³/mol. The number of benzene rings is 2. The maximum absolute atomic E-state index is 15.2. The monoisotopic (exact) mass is 809 g/mol. The normalized spacial score (nSPS) is 12.2. The molecule has 3 rings (SSSR count). The van der Waals surface area contributed by atoms with Gasteiger partial charge >= 0.3 is 0 Å². The first-order valence-electron chi connectivity index (χ1n) is 23.6. The van der Waals surface area contributed by atoms with E-state index in [4.69, 9.17) is 28.4 Å². The Bertz CT molecular complexity index is 1380. The van der Waals surface area contributed by atoms with Crippen LogP contribution in [0.4, 0.5) is 0 Å². The topological polar surface area (TPSA) is 89.5 Å². The van der Waals surface area contributed by atoms with Crippen LogP contribution in [0.2, 0.25) is 0 Å². The fourth-order valence-electron chi connectivity index (χ4n) is 7.35. The molecule has 0 unspecified atom stereocenters. The lowest BCUT2D eigenvalue weighted by Gasteiger charge is -2.28. The summed E-state index contributed by atoms with van der Waals surface area (Å²) in [7, 11) is 0. The first-order valence-corrected chi connectivity index (χ1v) is 23.6. The van der Waals surface area contributed by atoms with Crippen molar-refractivity contribution in [2.45, 2.75) is 184 Å². The van der Waals surface area contributed by atoms with Crippen LogP contribution in [0.15, 0.2) is 12.1 Å². The van der Waals surface area contributed by atoms with E-state index in [1.54, 1.807) is 12.1 Å². The summed E-state index contributed by atoms with van der Waals surface area (Å²) in [6.45, 7) is 20.0. The van der Waals surface area contributed by atoms with Crippen molar-refractivity contribution in [3.05, 3.63) is 34.4 Å². The molecule has 2 aromatic rings. The lowest BCUT2D eigenvalue weighted by atomic mass is 9.82. The zero-order chi connectivity index (χ0) is 42.1. The summed E-state index contributed by atoms with van der Waals surface area (Å²) in [5.74, 6) is 2.20. The van der Waals surface area contributed by atoms with Gasteiger partial charge in [-0.05, 0) is 49.7 Å². The Hall–Kier alpha value is -3.42. The molecule has 2 aromatic carbocycles. The minimum Gasteiger partial charge on any atom is -0.490 e. The van der Waals surface area contributed by atoms with E-state index in [9.17, 15) is 0 Å². The lowest BCUT2D eigenvalue weighted by Crippen LogP contribution is -2.26. The molecule has 0 heterocycles. The summed E-state index contributed by atoms with van der Waals surface area (Å²) in [4.78, 5) is 30.4. The van der Waals surface area contributed by atoms with Crippen LogP contribution in [0, 0.1) is 11.8 Å². The Morgan fingerprint density at radius 3 is 0.983 bits per heavy atom. The van der Waals surface area contributed by atoms with Crippen molar-refractivity contribution in [2.24, 2.45) is 11.8 Å². The van der Waals surface area contributed by atoms with Crippen LogP contribution in [0.3, 0.4) is 0 Å². The minimum atomic E-state index is -0.313. The Labute approximate surface area is 352 Å². The lowest BCUT2D eigenvalue weighted by molar-refractivity contribution is 0.0966. The van der Waals surface area contributed by atoms with Gasteiger partial charge in [0.05, 0.1) is 50.8 Å². The number of rotatable bonds is 34. The Kier molecular flexibility index (Phi) is 23.7. The van der Waals surface area contributed by atoms with Gasteiger partial charge in [-0.3, -0.25) is 9.59 Å². The Morgan fingerprint density at radius 1 is 0.379 bits per heavy atom. The molecule has 0 N–H and O–H groups in total. The van der Waals surface area contributed by atoms with E-state index in [-0.39, 0.29) is 45.7 Å². The number of ketones is 2. The zero-order valence-electron chi connectivity index (χ0n) is 38.0. The third kappa shape index (κ3) is 14.4. The summed E-state index contributed by atoms with van der Waals surface area (Å²) in [5.41, 5.74) is 0.929. The summed E-state index contributed by atoms with van der Waals surface area (Å²) in [6.07, 6.45) is 20.2. The molecule has 0 bridgehead atoms. The van der Waals surface area contributed by atoms with Crippen molar-refractivity contribution in [3.63, 3.8) is 0 Å². The van der Waals surface area contributed by atoms with Gasteiger partial charge < -0.3 is 28.4 Å². The molecule has 0 saturated heterocycles. The standard InChI is InChI=1S/C50H80O8/c1-9-17-21-25-29-53-41-33-39-43(49(57-35-37(13-5)14-6)47(41)55-31-27-23-19-11-3)46(52)40-34-42(54-30-26-22-18-10-2)48(56-32-28-24-20-12-4)50(44(40)45(39)51)58-36-38(15-7)16-8/h33-34,37-38H,9-32,35-36H2,1-8H3. The molecule has 0 radical (unpaired) electrons. The molecule has 0 saturated carbocycles. The fraction of sp³-hybridized carbons (Fsp3) is 0.720. The van der Waals surface area contributed by atoms with Gasteiger partial charge in [0, 0.05) is 11.1 Å². The van der Waals surface area contributed by atoms with Crippen LogP contribution in [-0.2, 0) is 0 Å². The van der Waals surface area contributed by atoms with Gasteiger partial charge in [0.15, 0.2) is 34.6 Å². The molecular formula is C50H80O8. The van der Waals surface area contributed by atoms with Crippen LogP contribution in [0.5, 0.6) is 34.5 Å². The molecule has 0 spiro atoms. The molecule has 0 aromatic heterocycles. The number of fused-ring (bicyclic) bond motifs is 2. The second-order valence-electron chi connectivity index (χ2n) is 16.2. The van der Waals surface area contributed by atoms with Crippen molar-refractivity contribution >= 4 is 11.6 Å². The predicted octanol–water partition coefficient (Wildman–Crippen LogP) is 13.9. The molecule has 58 heavy (non-hydrogen) atoms. The average molecular weight is 809 g/mol. The van der Waals surface area contributed by atoms with E-state index in [1.807, 2.05) is 0 Å². The fourth-order valence-corrected chi connectivity index (χ4v) is 7.35. The van der Waals surface area contributed by atoms with Crippen molar-refractivity contribution in [3.8, 4) is 34.5 Å². The van der Waals surface area contributed by atoms with E-state index >= 15 is 9.59 Å². The second-order valence-corrected chi connectivity index (χ2v) is 16.2. The SMILES string of the molecule is CCCCCCOc1cc2c(c(OCC(CC)CC)c1OCCCCCC)C(=O)c1cc(OCCCCCC)c(OCCCCCC)c(OCC(CC)CC)c1C2=O. The largest absolute Gasteiger partial charge is 0.490 e. The Morgan fingerprint density at radius 2 is 0.690 bits per heavy atom. The van der Waals surface area contributed by atoms with Crippen LogP contribution in [0.1, 0.15) is 216 Å². The maximum Gasteiger partial charge on any atom is 0.204 e. The highest BCUT2D eigenvalue weighted by molar-refractivity contribution is 6.31. The minimum absolute atomic E-state index is 0.221. The molecule has 8 heteroatoms. The maximum atomic E-state index is 15.2. The molecule has 0 fully saturated rings. The number of ether oxygens (including phenoxy) is 6. The van der Waals surface area contributed by atoms with Gasteiger partial charge in [-0.15, -0.1) is 0 Å². The van der Waals surface area contributed by atoms with E-state index in [0.717, 1.165) is 128 Å². The number of hydrogen-bond donors (Lipinski definition) is 0. The molecule has 328 valence electrons. The first kappa shape index (κ1) is 48.9. The zero-order valence-corrected chi connectivity index (χ0v) is 38.0. The molecule has 1 aliphatic carbocycles. The van der Waals surface area contributed by atoms with E-state index < -0.39 is 0 Å². The van der Waals surface area contributed by atoms with Crippen LogP contribution < -0.4 is 28.4 Å². The summed E-state index contributed by atoms with van der Waals surface area (Å²) in [5, 5.41) is 0. The van der Waals surface area contributed by atoms with Crippen LogP contribution in [0.25, 0.3) is 0 Å². The van der Waals surface area contributed by atoms with Crippen molar-refractivity contribution in [2.75, 3.05) is 39.6 Å². The number of hydrogen-bond acceptors (Lipinski definition) is 8. The highest BCUT2D eigenvalue weighted by Gasteiger charge is 2.41. The van der Waals surface area contributed by atoms with E-state index in [0.29, 0.717) is 74.1 Å². The molecule has 0 atom stereocenters. The quantitative estimate of drug-likeness (QED) is 0.0551. The van der Waals surface area contributed by atoms with Crippen LogP contribution >= 0.6 is 0 Å². The molecule has 1 aliphatic rings. The summed E-state index contributed by atoms with van der Waals surface area (Å²) in [6, 6.07) is 3.44. The number of unbranched alkanes of at least 4 members (excludes halogenated alkanes) is 12. The van der Waals surface area contributed by atoms with Gasteiger partial charge in [-0.2, -0.15) is 0 Å². The van der Waals surface area contributed by atoms with Crippen molar-refractivity contribution < 1.29 is 38.0 Å². The summed E-state index contributed by atoms with van der Waals surface area (Å²) >= 11 is 0. The Balaban J connectivity index is 2.30. The van der Waals surface area contributed by atoms with Gasteiger partial charge in [0.1, 0.15) is 0 Å². The number of carbonyl (C=O) groups is 2. The van der Waals surface area contributed by atoms with E-state index in [1.165, 1.54) is 0 Å². The smallest absolute Gasteiger partial charge is 0.204 e. The van der Waals surface area contributed by atoms with Crippen LogP contribution in [-0.4, -0.2) is 51.2 Å². The molecule has 0 amide bonds. The molecule has 8 nitrogen and oxygen atoms in total. The number of carbonyl (C=O) groups excluding carboxylic acids is 2. The summed E-state index contributed by atoms with van der Waals surface area (Å²) < 4.78 is 39.5. The first-order chi connectivity index (χ1) is 28.3. The second kappa shape index (κ2) is 28.1. The molecular weight excluding hydrogens is 729 g/mol. The third-order valence-corrected chi connectivity index (χ3v) is 11.6. The van der Waals surface area contributed by atoms with Gasteiger partial charge in [-0.1, -0.05) is 158 Å².